The van der Waals surface area contributed by atoms with Crippen LogP contribution in [0.15, 0.2) is 140 Å². The zero-order valence-corrected chi connectivity index (χ0v) is 65.4. The van der Waals surface area contributed by atoms with Crippen LogP contribution in [0, 0.1) is 5.92 Å². The van der Waals surface area contributed by atoms with Crippen LogP contribution in [0.1, 0.15) is 115 Å². The Labute approximate surface area is 661 Å². The van der Waals surface area contributed by atoms with Gasteiger partial charge in [-0.05, 0) is 132 Å². The van der Waals surface area contributed by atoms with Crippen molar-refractivity contribution in [2.75, 3.05) is 37.4 Å². The molecule has 32 heteroatoms. The summed E-state index contributed by atoms with van der Waals surface area (Å²) in [6.45, 7) is 11.0. The van der Waals surface area contributed by atoms with Crippen LogP contribution in [-0.4, -0.2) is 196 Å². The van der Waals surface area contributed by atoms with Gasteiger partial charge in [0, 0.05) is 101 Å². The van der Waals surface area contributed by atoms with Crippen LogP contribution in [0.2, 0.25) is 5.02 Å². The number of nitrogens with one attached hydrogen (secondary N) is 12. The predicted molar refractivity (Wildman–Crippen MR) is 424 cm³/mol. The molecule has 0 aliphatic carbocycles. The van der Waals surface area contributed by atoms with E-state index in [4.69, 9.17) is 17.3 Å². The third-order valence-corrected chi connectivity index (χ3v) is 18.9. The Hall–Kier alpha value is -11.7. The number of rotatable bonds is 42. The van der Waals surface area contributed by atoms with E-state index in [1.165, 1.54) is 45.1 Å². The number of anilines is 2. The smallest absolute Gasteiger partial charge is 0.261 e. The second-order valence-corrected chi connectivity index (χ2v) is 29.3. The maximum atomic E-state index is 15.3. The summed E-state index contributed by atoms with van der Waals surface area (Å²) in [5, 5.41) is 46.2. The van der Waals surface area contributed by atoms with Gasteiger partial charge in [0.25, 0.3) is 5.91 Å². The van der Waals surface area contributed by atoms with Crippen LogP contribution in [0.25, 0.3) is 10.8 Å². The first-order chi connectivity index (χ1) is 53.9. The van der Waals surface area contributed by atoms with E-state index in [-0.39, 0.29) is 81.7 Å². The number of benzene rings is 5. The molecule has 10 atom stereocenters. The van der Waals surface area contributed by atoms with Crippen LogP contribution in [-0.2, 0) is 99.2 Å². The average Bonchev–Trinajstić information content (AvgIpc) is 1.80. The summed E-state index contributed by atoms with van der Waals surface area (Å²) >= 11 is 6.26. The van der Waals surface area contributed by atoms with Crippen molar-refractivity contribution in [1.29, 1.82) is 0 Å². The van der Waals surface area contributed by atoms with Gasteiger partial charge in [0.05, 0.1) is 6.61 Å². The third kappa shape index (κ3) is 28.5. The molecular formula is C81H103ClN16O15. The predicted octanol–water partition coefficient (Wildman–Crippen LogP) is 2.43. The van der Waals surface area contributed by atoms with Gasteiger partial charge >= 0.3 is 0 Å². The van der Waals surface area contributed by atoms with Crippen molar-refractivity contribution in [3.63, 3.8) is 0 Å². The van der Waals surface area contributed by atoms with Gasteiger partial charge in [-0.2, -0.15) is 0 Å². The second-order valence-electron chi connectivity index (χ2n) is 28.8. The number of fused-ring (bicyclic) bond motifs is 1. The Morgan fingerprint density at radius 3 is 1.45 bits per heavy atom. The highest BCUT2D eigenvalue weighted by molar-refractivity contribution is 6.30. The number of primary amides is 1. The lowest BCUT2D eigenvalue weighted by atomic mass is 9.99. The fourth-order valence-electron chi connectivity index (χ4n) is 12.9. The highest BCUT2D eigenvalue weighted by Crippen LogP contribution is 2.23. The highest BCUT2D eigenvalue weighted by Gasteiger charge is 2.41. The summed E-state index contributed by atoms with van der Waals surface area (Å²) in [7, 11) is 1.25. The number of aromatic nitrogens is 1. The fraction of sp³-hybridized carbons (Fsp3) is 0.420. The number of likely N-dealkylation sites (N-methyl/N-ethyl adjacent to an activating group) is 1. The fourth-order valence-corrected chi connectivity index (χ4v) is 13.0. The lowest BCUT2D eigenvalue weighted by Crippen LogP contribution is -2.62. The third-order valence-electron chi connectivity index (χ3n) is 18.6. The van der Waals surface area contributed by atoms with Crippen LogP contribution >= 0.6 is 11.6 Å². The molecule has 6 aromatic rings. The number of aliphatic hydroxyl groups is 1. The van der Waals surface area contributed by atoms with Gasteiger partial charge in [-0.25, -0.2) is 0 Å². The van der Waals surface area contributed by atoms with E-state index < -0.39 is 132 Å². The van der Waals surface area contributed by atoms with E-state index in [2.05, 4.69) is 68.8 Å². The molecule has 5 aromatic carbocycles. The SMILES string of the molecule is CC(=O)Nc1ccc(C[C@H](NC(=O)[C@H](CO)NC(=O)[C@@H](Cc2cccnc2)NC(=O)[C@@H](Cc2ccc(Cl)cc2)NC(=O)[C@@H](Cc2ccc3ccccc3c2)NC(C)=O)C(=O)N[C@H](Cc2ccc(NC(C)=O)cc2)C(=O)N[C@@H](CC(C)C)C(=O)N[C@@H](CCCCNC(C)C)C(=O)N2CCC[C@@H]2C(=O)N[C@H](C(N)=O)N(C)C=O)cc1. The Bertz CT molecular complexity index is 4310. The van der Waals surface area contributed by atoms with Crippen molar-refractivity contribution < 1.29 is 72.2 Å². The quantitative estimate of drug-likeness (QED) is 0.0149. The minimum absolute atomic E-state index is 0.0151. The number of unbranched alkanes of at least 4 members (excludes halogenated alkanes) is 1. The molecule has 15 N–H and O–H groups in total. The Morgan fingerprint density at radius 1 is 0.531 bits per heavy atom. The summed E-state index contributed by atoms with van der Waals surface area (Å²) < 4.78 is 0. The monoisotopic (exact) mass is 1570 g/mol. The number of aliphatic hydroxyl groups excluding tert-OH is 1. The zero-order valence-electron chi connectivity index (χ0n) is 64.6. The first-order valence-electron chi connectivity index (χ1n) is 37.5. The molecular weight excluding hydrogens is 1470 g/mol. The van der Waals surface area contributed by atoms with E-state index >= 15 is 9.59 Å². The van der Waals surface area contributed by atoms with Crippen molar-refractivity contribution >= 4 is 117 Å². The molecule has 31 nitrogen and oxygen atoms in total. The number of pyridine rings is 1. The van der Waals surface area contributed by atoms with E-state index in [1.807, 2.05) is 56.3 Å². The second kappa shape index (κ2) is 43.8. The van der Waals surface area contributed by atoms with Crippen molar-refractivity contribution in [3.8, 4) is 0 Å². The Kier molecular flexibility index (Phi) is 34.3. The summed E-state index contributed by atoms with van der Waals surface area (Å²) in [6.07, 6.45) is 2.27. The van der Waals surface area contributed by atoms with Gasteiger partial charge < -0.3 is 84.4 Å². The molecule has 1 saturated heterocycles. The minimum Gasteiger partial charge on any atom is -0.394 e. The lowest BCUT2D eigenvalue weighted by Gasteiger charge is -2.32. The number of carbonyl (C=O) groups is 14. The topological polar surface area (TPSA) is 449 Å². The molecule has 1 aromatic heterocycles. The van der Waals surface area contributed by atoms with Crippen molar-refractivity contribution in [2.45, 2.75) is 186 Å². The molecule has 1 aliphatic rings. The number of amides is 14. The molecule has 1 aliphatic heterocycles. The number of nitrogens with zero attached hydrogens (tertiary/aromatic N) is 3. The van der Waals surface area contributed by atoms with Gasteiger partial charge in [0.1, 0.15) is 54.4 Å². The minimum atomic E-state index is -1.87. The van der Waals surface area contributed by atoms with Gasteiger partial charge in [0.2, 0.25) is 77.3 Å². The van der Waals surface area contributed by atoms with Crippen molar-refractivity contribution in [3.05, 3.63) is 173 Å². The van der Waals surface area contributed by atoms with E-state index in [1.54, 1.807) is 98.8 Å². The normalized spacial score (nSPS) is 14.9. The van der Waals surface area contributed by atoms with Crippen LogP contribution in [0.4, 0.5) is 11.4 Å². The van der Waals surface area contributed by atoms with Crippen LogP contribution < -0.4 is 69.5 Å². The van der Waals surface area contributed by atoms with E-state index in [0.29, 0.717) is 76.4 Å². The van der Waals surface area contributed by atoms with Gasteiger partial charge in [-0.1, -0.05) is 124 Å². The molecule has 1 fully saturated rings. The van der Waals surface area contributed by atoms with Gasteiger partial charge in [-0.3, -0.25) is 72.1 Å². The summed E-state index contributed by atoms with van der Waals surface area (Å²) in [6, 6.07) is 22.4. The maximum Gasteiger partial charge on any atom is 0.261 e. The molecule has 113 heavy (non-hydrogen) atoms. The summed E-state index contributed by atoms with van der Waals surface area (Å²) in [5.41, 5.74) is 8.80. The zero-order chi connectivity index (χ0) is 82.4. The largest absolute Gasteiger partial charge is 0.394 e. The average molecular weight is 1580 g/mol. The number of nitrogens with two attached hydrogens (primary N) is 1. The first kappa shape index (κ1) is 88.5. The lowest BCUT2D eigenvalue weighted by molar-refractivity contribution is -0.144. The van der Waals surface area contributed by atoms with Crippen LogP contribution in [0.3, 0.4) is 0 Å². The van der Waals surface area contributed by atoms with Gasteiger partial charge in [0.15, 0.2) is 6.17 Å². The van der Waals surface area contributed by atoms with Crippen molar-refractivity contribution in [1.82, 2.24) is 68.0 Å². The standard InChI is InChI=1S/C81H103ClN16O15/c1-47(2)37-63(73(105)89-62(18-11-12-35-85-48(3)4)81(113)98-36-14-19-70(98)80(112)96-72(71(83)104)97(8)46-100)90-75(107)66(40-53-23-30-60(31-24-53)86-49(5)101)92-77(109)67(41-54-25-32-61(33-26-54)87-50(6)102)94-79(111)69(45-99)95-78(110)68(43-56-15-13-34-84-44-56)93-76(108)65(39-52-21-28-59(82)29-22-52)91-74(106)64(88-51(7)103)42-55-20-27-57-16-9-10-17-58(57)38-55/h9-10,13,15-17,20-34,38,44,46-48,62-70,72,85,99H,11-12,14,18-19,35-37,39-43,45H2,1-8H3,(H2,83,104)(H,86,101)(H,87,102)(H,88,103)(H,89,105)(H,90,107)(H,91,106)(H,92,109)(H,93,108)(H,94,111)(H,95,110)(H,96,112)/t62-,63-,64+,65+,66+,67-,68+,69-,70+,72-/m0/s1. The Balaban J connectivity index is 1.18. The van der Waals surface area contributed by atoms with E-state index in [9.17, 15) is 62.6 Å². The number of hydrogen-bond acceptors (Lipinski definition) is 17. The number of carbonyl (C=O) groups excluding carboxylic acids is 14. The molecule has 7 rings (SSSR count). The molecule has 0 bridgehead atoms. The number of hydrogen-bond donors (Lipinski definition) is 14. The van der Waals surface area contributed by atoms with E-state index in [0.717, 1.165) is 15.7 Å². The molecule has 0 unspecified atom stereocenters. The summed E-state index contributed by atoms with van der Waals surface area (Å²) in [5.74, 6) is -10.5. The maximum absolute atomic E-state index is 15.3. The number of likely N-dealkylation sites (tertiary alicyclic amines) is 1. The summed E-state index contributed by atoms with van der Waals surface area (Å²) in [4.78, 5) is 201. The number of halogens is 1. The molecule has 14 amide bonds. The highest BCUT2D eigenvalue weighted by atomic mass is 35.5. The first-order valence-corrected chi connectivity index (χ1v) is 37.9. The van der Waals surface area contributed by atoms with Crippen LogP contribution in [0.5, 0.6) is 0 Å². The molecule has 0 spiro atoms. The van der Waals surface area contributed by atoms with Crippen molar-refractivity contribution in [2.24, 2.45) is 11.7 Å². The Morgan fingerprint density at radius 2 is 0.982 bits per heavy atom. The molecule has 2 heterocycles. The molecule has 604 valence electrons. The molecule has 0 saturated carbocycles. The molecule has 0 radical (unpaired) electrons. The van der Waals surface area contributed by atoms with Gasteiger partial charge in [-0.15, -0.1) is 0 Å².